The van der Waals surface area contributed by atoms with Crippen LogP contribution in [0.1, 0.15) is 54.4 Å². The molecule has 1 saturated heterocycles. The highest BCUT2D eigenvalue weighted by Gasteiger charge is 2.33. The predicted molar refractivity (Wildman–Crippen MR) is 66.5 cm³/mol. The van der Waals surface area contributed by atoms with Gasteiger partial charge in [-0.3, -0.25) is 4.79 Å². The van der Waals surface area contributed by atoms with Crippen molar-refractivity contribution in [3.05, 3.63) is 17.0 Å². The van der Waals surface area contributed by atoms with Gasteiger partial charge in [0.25, 0.3) is 5.91 Å². The molecule has 1 aliphatic rings. The lowest BCUT2D eigenvalue weighted by atomic mass is 10.0. The van der Waals surface area contributed by atoms with Crippen molar-refractivity contribution >= 4 is 5.91 Å². The van der Waals surface area contributed by atoms with E-state index in [2.05, 4.69) is 5.16 Å². The summed E-state index contributed by atoms with van der Waals surface area (Å²) in [6, 6.07) is -0.0631. The quantitative estimate of drug-likeness (QED) is 0.889. The number of aromatic nitrogens is 1. The molecule has 0 saturated carbocycles. The number of amides is 1. The Hall–Kier alpha value is -1.36. The SMILES string of the molecule is Cc1noc(C(C)C)c1C(=O)N1CCCC1CO. The van der Waals surface area contributed by atoms with Gasteiger partial charge in [-0.25, -0.2) is 0 Å². The molecule has 1 aromatic rings. The van der Waals surface area contributed by atoms with Crippen molar-refractivity contribution in [2.45, 2.75) is 45.6 Å². The molecular weight excluding hydrogens is 232 g/mol. The fraction of sp³-hybridized carbons (Fsp3) is 0.692. The van der Waals surface area contributed by atoms with Crippen LogP contribution in [0.5, 0.6) is 0 Å². The lowest BCUT2D eigenvalue weighted by molar-refractivity contribution is 0.0674. The first kappa shape index (κ1) is 13.1. The van der Waals surface area contributed by atoms with Gasteiger partial charge in [-0.2, -0.15) is 0 Å². The molecule has 0 aromatic carbocycles. The highest BCUT2D eigenvalue weighted by Crippen LogP contribution is 2.27. The molecule has 5 heteroatoms. The van der Waals surface area contributed by atoms with Crippen LogP contribution in [0.4, 0.5) is 0 Å². The second-order valence-corrected chi connectivity index (χ2v) is 5.14. The minimum atomic E-state index is -0.0631. The van der Waals surface area contributed by atoms with E-state index in [0.717, 1.165) is 12.8 Å². The Labute approximate surface area is 107 Å². The third kappa shape index (κ3) is 2.14. The molecule has 0 bridgehead atoms. The van der Waals surface area contributed by atoms with E-state index >= 15 is 0 Å². The topological polar surface area (TPSA) is 66.6 Å². The summed E-state index contributed by atoms with van der Waals surface area (Å²) in [7, 11) is 0. The van der Waals surface area contributed by atoms with E-state index in [9.17, 15) is 9.90 Å². The maximum atomic E-state index is 12.5. The number of aliphatic hydroxyl groups is 1. The van der Waals surface area contributed by atoms with Gasteiger partial charge in [0.05, 0.1) is 18.3 Å². The van der Waals surface area contributed by atoms with Crippen LogP contribution in [0.15, 0.2) is 4.52 Å². The van der Waals surface area contributed by atoms with Gasteiger partial charge >= 0.3 is 0 Å². The molecule has 0 aliphatic carbocycles. The molecule has 100 valence electrons. The zero-order chi connectivity index (χ0) is 13.3. The van der Waals surface area contributed by atoms with Crippen LogP contribution in [0.25, 0.3) is 0 Å². The molecule has 5 nitrogen and oxygen atoms in total. The van der Waals surface area contributed by atoms with Crippen molar-refractivity contribution in [3.63, 3.8) is 0 Å². The summed E-state index contributed by atoms with van der Waals surface area (Å²) in [5.41, 5.74) is 1.21. The molecule has 2 heterocycles. The molecule has 1 aliphatic heterocycles. The van der Waals surface area contributed by atoms with Gasteiger partial charge < -0.3 is 14.5 Å². The van der Waals surface area contributed by atoms with Crippen LogP contribution in [-0.4, -0.2) is 40.3 Å². The monoisotopic (exact) mass is 252 g/mol. The molecule has 1 unspecified atom stereocenters. The van der Waals surface area contributed by atoms with Crippen LogP contribution in [0.2, 0.25) is 0 Å². The Morgan fingerprint density at radius 2 is 2.33 bits per heavy atom. The van der Waals surface area contributed by atoms with Crippen molar-refractivity contribution in [1.82, 2.24) is 10.1 Å². The molecule has 1 atom stereocenters. The van der Waals surface area contributed by atoms with Gasteiger partial charge in [-0.05, 0) is 19.8 Å². The Morgan fingerprint density at radius 3 is 2.94 bits per heavy atom. The van der Waals surface area contributed by atoms with Gasteiger partial charge in [0.2, 0.25) is 0 Å². The highest BCUT2D eigenvalue weighted by atomic mass is 16.5. The van der Waals surface area contributed by atoms with E-state index in [4.69, 9.17) is 4.52 Å². The molecule has 0 spiro atoms. The average molecular weight is 252 g/mol. The molecule has 1 fully saturated rings. The lowest BCUT2D eigenvalue weighted by Crippen LogP contribution is -2.38. The smallest absolute Gasteiger partial charge is 0.259 e. The summed E-state index contributed by atoms with van der Waals surface area (Å²) in [5, 5.41) is 13.2. The zero-order valence-electron chi connectivity index (χ0n) is 11.1. The summed E-state index contributed by atoms with van der Waals surface area (Å²) < 4.78 is 5.25. The highest BCUT2D eigenvalue weighted by molar-refractivity contribution is 5.96. The second-order valence-electron chi connectivity index (χ2n) is 5.14. The van der Waals surface area contributed by atoms with E-state index in [1.807, 2.05) is 13.8 Å². The fourth-order valence-corrected chi connectivity index (χ4v) is 2.48. The van der Waals surface area contributed by atoms with Gasteiger partial charge in [0.15, 0.2) is 5.76 Å². The third-order valence-corrected chi connectivity index (χ3v) is 3.48. The molecular formula is C13H20N2O3. The Morgan fingerprint density at radius 1 is 1.61 bits per heavy atom. The van der Waals surface area contributed by atoms with Crippen LogP contribution in [-0.2, 0) is 0 Å². The maximum absolute atomic E-state index is 12.5. The van der Waals surface area contributed by atoms with Gasteiger partial charge in [0.1, 0.15) is 5.56 Å². The van der Waals surface area contributed by atoms with E-state index in [0.29, 0.717) is 23.6 Å². The maximum Gasteiger partial charge on any atom is 0.259 e. The summed E-state index contributed by atoms with van der Waals surface area (Å²) in [5.74, 6) is 0.704. The first-order chi connectivity index (χ1) is 8.56. The zero-order valence-corrected chi connectivity index (χ0v) is 11.1. The van der Waals surface area contributed by atoms with Crippen molar-refractivity contribution in [2.75, 3.05) is 13.2 Å². The number of carbonyl (C=O) groups excluding carboxylic acids is 1. The number of hydrogen-bond acceptors (Lipinski definition) is 4. The van der Waals surface area contributed by atoms with Crippen molar-refractivity contribution in [3.8, 4) is 0 Å². The second kappa shape index (κ2) is 5.10. The number of hydrogen-bond donors (Lipinski definition) is 1. The number of carbonyl (C=O) groups is 1. The summed E-state index contributed by atoms with van der Waals surface area (Å²) in [6.07, 6.45) is 1.81. The number of aryl methyl sites for hydroxylation is 1. The van der Waals surface area contributed by atoms with Crippen LogP contribution >= 0.6 is 0 Å². The summed E-state index contributed by atoms with van der Waals surface area (Å²) in [4.78, 5) is 14.3. The molecule has 18 heavy (non-hydrogen) atoms. The lowest BCUT2D eigenvalue weighted by Gasteiger charge is -2.23. The van der Waals surface area contributed by atoms with Gasteiger partial charge in [-0.1, -0.05) is 19.0 Å². The van der Waals surface area contributed by atoms with Crippen LogP contribution in [0, 0.1) is 6.92 Å². The fourth-order valence-electron chi connectivity index (χ4n) is 2.48. The van der Waals surface area contributed by atoms with E-state index < -0.39 is 0 Å². The van der Waals surface area contributed by atoms with E-state index in [1.54, 1.807) is 11.8 Å². The van der Waals surface area contributed by atoms with Crippen molar-refractivity contribution in [1.29, 1.82) is 0 Å². The molecule has 1 aromatic heterocycles. The van der Waals surface area contributed by atoms with Gasteiger partial charge in [-0.15, -0.1) is 0 Å². The molecule has 2 rings (SSSR count). The van der Waals surface area contributed by atoms with Gasteiger partial charge in [0, 0.05) is 12.5 Å². The standard InChI is InChI=1S/C13H20N2O3/c1-8(2)12-11(9(3)14-18-12)13(17)15-6-4-5-10(15)7-16/h8,10,16H,4-7H2,1-3H3. The largest absolute Gasteiger partial charge is 0.394 e. The molecule has 0 radical (unpaired) electrons. The first-order valence-corrected chi connectivity index (χ1v) is 6.44. The number of aliphatic hydroxyl groups excluding tert-OH is 1. The Kier molecular flexibility index (Phi) is 3.71. The third-order valence-electron chi connectivity index (χ3n) is 3.48. The molecule has 1 N–H and O–H groups in total. The minimum Gasteiger partial charge on any atom is -0.394 e. The van der Waals surface area contributed by atoms with E-state index in [-0.39, 0.29) is 24.5 Å². The number of rotatable bonds is 3. The first-order valence-electron chi connectivity index (χ1n) is 6.44. The van der Waals surface area contributed by atoms with Crippen molar-refractivity contribution in [2.24, 2.45) is 0 Å². The number of likely N-dealkylation sites (tertiary alicyclic amines) is 1. The summed E-state index contributed by atoms with van der Waals surface area (Å²) in [6.45, 7) is 6.46. The van der Waals surface area contributed by atoms with Crippen LogP contribution in [0.3, 0.4) is 0 Å². The van der Waals surface area contributed by atoms with Crippen molar-refractivity contribution < 1.29 is 14.4 Å². The number of nitrogens with zero attached hydrogens (tertiary/aromatic N) is 2. The van der Waals surface area contributed by atoms with E-state index in [1.165, 1.54) is 0 Å². The Bertz CT molecular complexity index is 439. The van der Waals surface area contributed by atoms with Crippen LogP contribution < -0.4 is 0 Å². The predicted octanol–water partition coefficient (Wildman–Crippen LogP) is 1.70. The Balaban J connectivity index is 2.31. The average Bonchev–Trinajstić information content (AvgIpc) is 2.93. The molecule has 1 amide bonds. The minimum absolute atomic E-state index is 0.0209. The normalized spacial score (nSPS) is 19.8. The summed E-state index contributed by atoms with van der Waals surface area (Å²) >= 11 is 0.